The molecule has 1 N–H and O–H groups in total. The summed E-state index contributed by atoms with van der Waals surface area (Å²) in [6.07, 6.45) is 6.70. The van der Waals surface area contributed by atoms with E-state index in [-0.39, 0.29) is 11.8 Å². The van der Waals surface area contributed by atoms with E-state index in [1.54, 1.807) is 0 Å². The molecular formula is C15H22N2O3. The average molecular weight is 278 g/mol. The van der Waals surface area contributed by atoms with Gasteiger partial charge in [-0.15, -0.1) is 0 Å². The number of rotatable bonds is 2. The van der Waals surface area contributed by atoms with E-state index in [0.29, 0.717) is 31.2 Å². The summed E-state index contributed by atoms with van der Waals surface area (Å²) in [7, 11) is 0. The summed E-state index contributed by atoms with van der Waals surface area (Å²) in [5.74, 6) is 0.282. The Morgan fingerprint density at radius 3 is 2.45 bits per heavy atom. The third kappa shape index (κ3) is 1.95. The van der Waals surface area contributed by atoms with E-state index in [2.05, 4.69) is 12.2 Å². The topological polar surface area (TPSA) is 66.5 Å². The summed E-state index contributed by atoms with van der Waals surface area (Å²) in [6, 6.07) is -0.518. The summed E-state index contributed by atoms with van der Waals surface area (Å²) in [6.45, 7) is 2.67. The molecule has 0 aromatic carbocycles. The Hall–Kier alpha value is -1.39. The second-order valence-corrected chi connectivity index (χ2v) is 6.63. The summed E-state index contributed by atoms with van der Waals surface area (Å²) >= 11 is 0. The van der Waals surface area contributed by atoms with Crippen molar-refractivity contribution in [3.05, 3.63) is 0 Å². The van der Waals surface area contributed by atoms with Crippen molar-refractivity contribution in [3.63, 3.8) is 0 Å². The van der Waals surface area contributed by atoms with Gasteiger partial charge in [-0.05, 0) is 31.1 Å². The molecule has 5 nitrogen and oxygen atoms in total. The predicted octanol–water partition coefficient (Wildman–Crippen LogP) is 2.06. The van der Waals surface area contributed by atoms with Crippen molar-refractivity contribution in [2.75, 3.05) is 6.54 Å². The molecule has 0 aromatic heterocycles. The molecule has 4 amide bonds. The van der Waals surface area contributed by atoms with Crippen LogP contribution in [0.2, 0.25) is 0 Å². The number of nitrogens with zero attached hydrogens (tertiary/aromatic N) is 1. The first-order valence-corrected chi connectivity index (χ1v) is 7.72. The highest BCUT2D eigenvalue weighted by molar-refractivity contribution is 6.19. The van der Waals surface area contributed by atoms with Gasteiger partial charge in [0.25, 0.3) is 0 Å². The van der Waals surface area contributed by atoms with Crippen LogP contribution in [0, 0.1) is 17.3 Å². The lowest BCUT2D eigenvalue weighted by molar-refractivity contribution is -0.158. The van der Waals surface area contributed by atoms with E-state index < -0.39 is 11.4 Å². The number of carbonyl (C=O) groups excluding carboxylic acids is 3. The fraction of sp³-hybridized carbons (Fsp3) is 0.800. The molecule has 0 bridgehead atoms. The molecule has 0 aromatic rings. The van der Waals surface area contributed by atoms with Gasteiger partial charge in [0.15, 0.2) is 0 Å². The van der Waals surface area contributed by atoms with Crippen LogP contribution in [0.5, 0.6) is 0 Å². The fourth-order valence-corrected chi connectivity index (χ4v) is 3.77. The molecule has 2 aliphatic carbocycles. The zero-order valence-electron chi connectivity index (χ0n) is 12.0. The maximum absolute atomic E-state index is 12.6. The van der Waals surface area contributed by atoms with Gasteiger partial charge >= 0.3 is 6.03 Å². The molecule has 1 heterocycles. The second kappa shape index (κ2) is 4.86. The van der Waals surface area contributed by atoms with E-state index in [0.717, 1.165) is 12.8 Å². The minimum Gasteiger partial charge on any atom is -0.277 e. The molecular weight excluding hydrogens is 256 g/mol. The number of carbonyl (C=O) groups is 3. The molecule has 3 fully saturated rings. The van der Waals surface area contributed by atoms with Gasteiger partial charge in [0, 0.05) is 6.54 Å². The van der Waals surface area contributed by atoms with Crippen molar-refractivity contribution in [2.45, 2.75) is 51.9 Å². The predicted molar refractivity (Wildman–Crippen MR) is 72.7 cm³/mol. The summed E-state index contributed by atoms with van der Waals surface area (Å²) < 4.78 is 0. The first kappa shape index (κ1) is 13.6. The van der Waals surface area contributed by atoms with E-state index >= 15 is 0 Å². The van der Waals surface area contributed by atoms with Gasteiger partial charge in [-0.25, -0.2) is 4.79 Å². The van der Waals surface area contributed by atoms with Crippen LogP contribution in [0.4, 0.5) is 4.79 Å². The molecule has 2 unspecified atom stereocenters. The van der Waals surface area contributed by atoms with E-state index in [4.69, 9.17) is 0 Å². The number of imide groups is 2. The molecule has 3 aliphatic rings. The second-order valence-electron chi connectivity index (χ2n) is 6.63. The van der Waals surface area contributed by atoms with Gasteiger partial charge in [0.2, 0.25) is 11.8 Å². The zero-order valence-corrected chi connectivity index (χ0v) is 12.0. The smallest absolute Gasteiger partial charge is 0.277 e. The standard InChI is InChI=1S/C15H22N2O3/c1-10-5-2-3-6-11(10)9-17-13(19)15(7-4-8-15)12(18)16-14(17)20/h10-11H,2-9H2,1H3,(H,16,18,20). The fourth-order valence-electron chi connectivity index (χ4n) is 3.77. The van der Waals surface area contributed by atoms with Crippen LogP contribution in [-0.4, -0.2) is 29.3 Å². The minimum absolute atomic E-state index is 0.254. The first-order chi connectivity index (χ1) is 9.54. The van der Waals surface area contributed by atoms with E-state index in [1.807, 2.05) is 0 Å². The zero-order chi connectivity index (χ0) is 14.3. The largest absolute Gasteiger partial charge is 0.330 e. The van der Waals surface area contributed by atoms with Crippen LogP contribution in [0.15, 0.2) is 0 Å². The molecule has 1 spiro atoms. The number of barbiturate groups is 1. The lowest BCUT2D eigenvalue weighted by Crippen LogP contribution is -2.66. The molecule has 20 heavy (non-hydrogen) atoms. The van der Waals surface area contributed by atoms with Crippen LogP contribution in [-0.2, 0) is 9.59 Å². The molecule has 3 rings (SSSR count). The Kier molecular flexibility index (Phi) is 3.30. The van der Waals surface area contributed by atoms with Crippen LogP contribution in [0.1, 0.15) is 51.9 Å². The van der Waals surface area contributed by atoms with E-state index in [9.17, 15) is 14.4 Å². The highest BCUT2D eigenvalue weighted by Crippen LogP contribution is 2.45. The third-order valence-electron chi connectivity index (χ3n) is 5.47. The van der Waals surface area contributed by atoms with Crippen molar-refractivity contribution in [1.82, 2.24) is 10.2 Å². The highest BCUT2D eigenvalue weighted by atomic mass is 16.2. The van der Waals surface area contributed by atoms with Gasteiger partial charge in [-0.2, -0.15) is 0 Å². The number of amides is 4. The average Bonchev–Trinajstić information content (AvgIpc) is 2.34. The lowest BCUT2D eigenvalue weighted by atomic mass is 9.66. The molecule has 0 radical (unpaired) electrons. The number of hydrogen-bond donors (Lipinski definition) is 1. The SMILES string of the molecule is CC1CCCCC1CN1C(=O)NC(=O)C2(CCC2)C1=O. The minimum atomic E-state index is -0.925. The monoisotopic (exact) mass is 278 g/mol. The lowest BCUT2D eigenvalue weighted by Gasteiger charge is -2.45. The third-order valence-corrected chi connectivity index (χ3v) is 5.47. The number of hydrogen-bond acceptors (Lipinski definition) is 3. The van der Waals surface area contributed by atoms with Crippen molar-refractivity contribution < 1.29 is 14.4 Å². The summed E-state index contributed by atoms with van der Waals surface area (Å²) in [4.78, 5) is 37.8. The maximum atomic E-state index is 12.6. The molecule has 1 saturated heterocycles. The maximum Gasteiger partial charge on any atom is 0.330 e. The van der Waals surface area contributed by atoms with Crippen molar-refractivity contribution in [2.24, 2.45) is 17.3 Å². The molecule has 1 aliphatic heterocycles. The van der Waals surface area contributed by atoms with Crippen LogP contribution < -0.4 is 5.32 Å². The Morgan fingerprint density at radius 1 is 1.15 bits per heavy atom. The first-order valence-electron chi connectivity index (χ1n) is 7.72. The van der Waals surface area contributed by atoms with E-state index in [1.165, 1.54) is 24.2 Å². The highest BCUT2D eigenvalue weighted by Gasteiger charge is 2.57. The van der Waals surface area contributed by atoms with Gasteiger partial charge in [0.1, 0.15) is 5.41 Å². The van der Waals surface area contributed by atoms with Crippen molar-refractivity contribution in [1.29, 1.82) is 0 Å². The van der Waals surface area contributed by atoms with Gasteiger partial charge in [-0.1, -0.05) is 32.6 Å². The normalized spacial score (nSPS) is 33.0. The molecule has 2 atom stereocenters. The molecule has 2 saturated carbocycles. The molecule has 5 heteroatoms. The number of urea groups is 1. The Balaban J connectivity index is 1.76. The van der Waals surface area contributed by atoms with Crippen molar-refractivity contribution in [3.8, 4) is 0 Å². The van der Waals surface area contributed by atoms with Crippen molar-refractivity contribution >= 4 is 17.8 Å². The Labute approximate surface area is 119 Å². The van der Waals surface area contributed by atoms with Gasteiger partial charge < -0.3 is 0 Å². The van der Waals surface area contributed by atoms with Crippen LogP contribution >= 0.6 is 0 Å². The van der Waals surface area contributed by atoms with Gasteiger partial charge in [-0.3, -0.25) is 19.8 Å². The van der Waals surface area contributed by atoms with Gasteiger partial charge in [0.05, 0.1) is 0 Å². The number of nitrogens with one attached hydrogen (secondary N) is 1. The Bertz CT molecular complexity index is 456. The summed E-state index contributed by atoms with van der Waals surface area (Å²) in [5, 5.41) is 2.38. The summed E-state index contributed by atoms with van der Waals surface area (Å²) in [5.41, 5.74) is -0.925. The van der Waals surface area contributed by atoms with Crippen LogP contribution in [0.25, 0.3) is 0 Å². The Morgan fingerprint density at radius 2 is 1.85 bits per heavy atom. The molecule has 110 valence electrons. The van der Waals surface area contributed by atoms with Crippen LogP contribution in [0.3, 0.4) is 0 Å². The quantitative estimate of drug-likeness (QED) is 0.786.